The maximum Gasteiger partial charge on any atom is 0.410 e. The van der Waals surface area contributed by atoms with Gasteiger partial charge in [-0.1, -0.05) is 65.3 Å². The van der Waals surface area contributed by atoms with Gasteiger partial charge >= 0.3 is 6.09 Å². The van der Waals surface area contributed by atoms with Crippen molar-refractivity contribution in [2.45, 2.75) is 121 Å². The molecule has 0 saturated carbocycles. The van der Waals surface area contributed by atoms with E-state index < -0.39 is 29.9 Å². The number of aryl methyl sites for hydroxylation is 1. The molecular formula is C36H51ClN4O5SSi. The molecule has 0 bridgehead atoms. The molecule has 3 heterocycles. The first-order valence-electron chi connectivity index (χ1n) is 17.1. The number of rotatable bonds is 8. The van der Waals surface area contributed by atoms with Gasteiger partial charge in [-0.05, 0) is 92.0 Å². The molecule has 5 rings (SSSR count). The molecule has 0 spiro atoms. The second kappa shape index (κ2) is 13.5. The maximum atomic E-state index is 13.8. The molecule has 2 aliphatic heterocycles. The number of carbonyl (C=O) groups excluding carboxylic acids is 2. The van der Waals surface area contributed by atoms with Gasteiger partial charge in [0.15, 0.2) is 8.24 Å². The topological polar surface area (TPSA) is 101 Å². The molecule has 262 valence electrons. The molecule has 2 aliphatic rings. The summed E-state index contributed by atoms with van der Waals surface area (Å²) in [5, 5.41) is 1.44. The summed E-state index contributed by atoms with van der Waals surface area (Å²) in [4.78, 5) is 29.9. The van der Waals surface area contributed by atoms with Crippen LogP contribution in [-0.2, 0) is 32.5 Å². The van der Waals surface area contributed by atoms with E-state index in [2.05, 4.69) is 50.5 Å². The highest BCUT2D eigenvalue weighted by molar-refractivity contribution is 7.89. The van der Waals surface area contributed by atoms with Gasteiger partial charge in [0.05, 0.1) is 9.92 Å². The monoisotopic (exact) mass is 714 g/mol. The van der Waals surface area contributed by atoms with E-state index in [1.165, 1.54) is 0 Å². The lowest BCUT2D eigenvalue weighted by Gasteiger charge is -2.44. The van der Waals surface area contributed by atoms with Crippen LogP contribution in [-0.4, -0.2) is 62.5 Å². The number of hydrogen-bond acceptors (Lipinski definition) is 5. The third kappa shape index (κ3) is 6.80. The van der Waals surface area contributed by atoms with Crippen molar-refractivity contribution < 1.29 is 22.7 Å². The van der Waals surface area contributed by atoms with Crippen molar-refractivity contribution in [1.29, 1.82) is 0 Å². The standard InChI is InChI=1S/C36H51ClN4O5SSi/c1-23(2)48(24(3)4,25(5)6)41-22-31(37)30-15-14-29(20-33(30)41)47(44,45)38-32-16-18-40(34(32)42)28-13-12-27-21-39(17-10-11-26(27)19-28)35(43)46-36(7,8)9/h12-15,19-20,22-25,32,38H,10-11,16-18,21H2,1-9H3/t32-/m0/s1. The molecular weight excluding hydrogens is 664 g/mol. The van der Waals surface area contributed by atoms with Crippen LogP contribution < -0.4 is 9.62 Å². The number of nitrogens with one attached hydrogen (secondary N) is 1. The zero-order chi connectivity index (χ0) is 35.3. The fourth-order valence-corrected chi connectivity index (χ4v) is 16.4. The Kier molecular flexibility index (Phi) is 10.2. The van der Waals surface area contributed by atoms with E-state index in [9.17, 15) is 18.0 Å². The minimum Gasteiger partial charge on any atom is -0.444 e. The molecule has 12 heteroatoms. The van der Waals surface area contributed by atoms with Crippen LogP contribution in [0.25, 0.3) is 10.9 Å². The number of amides is 2. The summed E-state index contributed by atoms with van der Waals surface area (Å²) < 4.78 is 38.3. The van der Waals surface area contributed by atoms with E-state index in [0.29, 0.717) is 47.7 Å². The number of hydrogen-bond donors (Lipinski definition) is 1. The van der Waals surface area contributed by atoms with Crippen molar-refractivity contribution in [3.8, 4) is 0 Å². The van der Waals surface area contributed by atoms with Crippen LogP contribution in [0.3, 0.4) is 0 Å². The average Bonchev–Trinajstić information content (AvgIpc) is 3.40. The second-order valence-corrected chi connectivity index (χ2v) is 23.1. The minimum atomic E-state index is -4.02. The molecule has 0 unspecified atom stereocenters. The summed E-state index contributed by atoms with van der Waals surface area (Å²) in [6.45, 7) is 20.5. The van der Waals surface area contributed by atoms with Gasteiger partial charge < -0.3 is 18.8 Å². The lowest BCUT2D eigenvalue weighted by Crippen LogP contribution is -2.51. The van der Waals surface area contributed by atoms with Crippen molar-refractivity contribution >= 4 is 58.5 Å². The van der Waals surface area contributed by atoms with Crippen LogP contribution in [0.2, 0.25) is 21.6 Å². The fourth-order valence-electron chi connectivity index (χ4n) is 8.18. The van der Waals surface area contributed by atoms with Gasteiger partial charge in [-0.25, -0.2) is 13.2 Å². The highest BCUT2D eigenvalue weighted by Gasteiger charge is 2.46. The lowest BCUT2D eigenvalue weighted by molar-refractivity contribution is -0.118. The summed E-state index contributed by atoms with van der Waals surface area (Å²) in [6.07, 6.45) is 3.57. The number of halogens is 1. The minimum absolute atomic E-state index is 0.121. The predicted octanol–water partition coefficient (Wildman–Crippen LogP) is 8.09. The molecule has 1 N–H and O–H groups in total. The Morgan fingerprint density at radius 1 is 0.979 bits per heavy atom. The quantitative estimate of drug-likeness (QED) is 0.238. The molecule has 1 aromatic heterocycles. The molecule has 0 aliphatic carbocycles. The van der Waals surface area contributed by atoms with Gasteiger partial charge in [0.1, 0.15) is 11.6 Å². The normalized spacial score (nSPS) is 17.9. The van der Waals surface area contributed by atoms with Gasteiger partial charge in [0, 0.05) is 42.4 Å². The van der Waals surface area contributed by atoms with Crippen LogP contribution in [0.4, 0.5) is 10.5 Å². The summed E-state index contributed by atoms with van der Waals surface area (Å²) in [6, 6.07) is 10.1. The van der Waals surface area contributed by atoms with E-state index in [1.54, 1.807) is 28.0 Å². The smallest absolute Gasteiger partial charge is 0.410 e. The largest absolute Gasteiger partial charge is 0.444 e. The average molecular weight is 715 g/mol. The summed E-state index contributed by atoms with van der Waals surface area (Å²) in [7, 11) is -6.25. The molecule has 1 atom stereocenters. The molecule has 1 saturated heterocycles. The van der Waals surface area contributed by atoms with Gasteiger partial charge in [-0.2, -0.15) is 4.72 Å². The highest BCUT2D eigenvalue weighted by atomic mass is 35.5. The Morgan fingerprint density at radius 2 is 1.65 bits per heavy atom. The number of nitrogens with zero attached hydrogens (tertiary/aromatic N) is 3. The summed E-state index contributed by atoms with van der Waals surface area (Å²) in [5.74, 6) is -0.277. The number of fused-ring (bicyclic) bond motifs is 2. The third-order valence-corrected chi connectivity index (χ3v) is 18.6. The van der Waals surface area contributed by atoms with Gasteiger partial charge in [0.25, 0.3) is 0 Å². The number of anilines is 1. The second-order valence-electron chi connectivity index (χ2n) is 15.3. The SMILES string of the molecule is CC(C)[Si](C(C)C)(C(C)C)n1cc(Cl)c2ccc(S(=O)(=O)N[C@H]3CCN(c4ccc5c(c4)CCCN(C(=O)OC(C)(C)C)C5)C3=O)cc21. The first kappa shape index (κ1) is 36.4. The van der Waals surface area contributed by atoms with Crippen molar-refractivity contribution in [2.75, 3.05) is 18.0 Å². The molecule has 48 heavy (non-hydrogen) atoms. The van der Waals surface area contributed by atoms with E-state index in [-0.39, 0.29) is 16.9 Å². The molecule has 2 amide bonds. The van der Waals surface area contributed by atoms with E-state index >= 15 is 0 Å². The number of benzene rings is 2. The van der Waals surface area contributed by atoms with Crippen LogP contribution in [0.5, 0.6) is 0 Å². The Hall–Kier alpha value is -2.86. The van der Waals surface area contributed by atoms with Crippen LogP contribution in [0.15, 0.2) is 47.5 Å². The summed E-state index contributed by atoms with van der Waals surface area (Å²) in [5.41, 5.74) is 4.25. The van der Waals surface area contributed by atoms with Gasteiger partial charge in [-0.3, -0.25) is 4.79 Å². The van der Waals surface area contributed by atoms with Gasteiger partial charge in [0.2, 0.25) is 15.9 Å². The maximum absolute atomic E-state index is 13.8. The van der Waals surface area contributed by atoms with Crippen LogP contribution in [0.1, 0.15) is 86.3 Å². The fraction of sp³-hybridized carbons (Fsp3) is 0.556. The molecule has 9 nitrogen and oxygen atoms in total. The number of carbonyl (C=O) groups is 2. The van der Waals surface area contributed by atoms with Gasteiger partial charge in [-0.15, -0.1) is 0 Å². The Bertz CT molecular complexity index is 1790. The Balaban J connectivity index is 1.37. The molecule has 0 radical (unpaired) electrons. The number of aromatic nitrogens is 1. The molecule has 3 aromatic rings. The van der Waals surface area contributed by atoms with E-state index in [4.69, 9.17) is 16.3 Å². The Labute approximate surface area is 292 Å². The number of ether oxygens (including phenoxy) is 1. The highest BCUT2D eigenvalue weighted by Crippen LogP contribution is 2.45. The van der Waals surface area contributed by atoms with Crippen molar-refractivity contribution in [3.05, 3.63) is 58.7 Å². The van der Waals surface area contributed by atoms with Crippen LogP contribution >= 0.6 is 11.6 Å². The first-order chi connectivity index (χ1) is 22.4. The third-order valence-electron chi connectivity index (χ3n) is 10.1. The van der Waals surface area contributed by atoms with E-state index in [0.717, 1.165) is 40.6 Å². The zero-order valence-corrected chi connectivity index (χ0v) is 32.3. The van der Waals surface area contributed by atoms with Crippen LogP contribution in [0, 0.1) is 0 Å². The lowest BCUT2D eigenvalue weighted by atomic mass is 10.0. The molecule has 2 aromatic carbocycles. The molecule has 1 fully saturated rings. The summed E-state index contributed by atoms with van der Waals surface area (Å²) >= 11 is 6.76. The van der Waals surface area contributed by atoms with Crippen molar-refractivity contribution in [2.24, 2.45) is 0 Å². The first-order valence-corrected chi connectivity index (χ1v) is 21.1. The Morgan fingerprint density at radius 3 is 2.27 bits per heavy atom. The van der Waals surface area contributed by atoms with Crippen molar-refractivity contribution in [3.63, 3.8) is 0 Å². The predicted molar refractivity (Wildman–Crippen MR) is 196 cm³/mol. The zero-order valence-electron chi connectivity index (χ0n) is 29.8. The van der Waals surface area contributed by atoms with E-state index in [1.807, 2.05) is 45.2 Å². The number of sulfonamides is 1. The van der Waals surface area contributed by atoms with Crippen molar-refractivity contribution in [1.82, 2.24) is 13.9 Å².